The third kappa shape index (κ3) is 3.49. The number of hydrogen-bond donors (Lipinski definition) is 1. The van der Waals surface area contributed by atoms with E-state index in [-0.39, 0.29) is 17.2 Å². The van der Waals surface area contributed by atoms with Crippen LogP contribution in [0.2, 0.25) is 0 Å². The SMILES string of the molecule is Cc1cccc(NC(=O)CSc2cc(=O)n(C)c3ccccc23)n1. The molecule has 2 aromatic heterocycles. The van der Waals surface area contributed by atoms with Crippen LogP contribution in [0.4, 0.5) is 5.82 Å². The molecule has 0 fully saturated rings. The number of amides is 1. The van der Waals surface area contributed by atoms with Crippen LogP contribution in [0.1, 0.15) is 5.69 Å². The first-order valence-electron chi connectivity index (χ1n) is 7.49. The smallest absolute Gasteiger partial charge is 0.251 e. The molecule has 122 valence electrons. The van der Waals surface area contributed by atoms with Crippen molar-refractivity contribution in [3.8, 4) is 0 Å². The first-order chi connectivity index (χ1) is 11.5. The Hall–Kier alpha value is -2.60. The van der Waals surface area contributed by atoms with Crippen LogP contribution in [0, 0.1) is 6.92 Å². The Kier molecular flexibility index (Phi) is 4.66. The van der Waals surface area contributed by atoms with E-state index in [0.717, 1.165) is 21.5 Å². The largest absolute Gasteiger partial charge is 0.311 e. The van der Waals surface area contributed by atoms with Gasteiger partial charge >= 0.3 is 0 Å². The Labute approximate surface area is 143 Å². The second-order valence-corrected chi connectivity index (χ2v) is 6.44. The maximum atomic E-state index is 12.1. The first-order valence-corrected chi connectivity index (χ1v) is 8.48. The number of nitrogens with one attached hydrogen (secondary N) is 1. The summed E-state index contributed by atoms with van der Waals surface area (Å²) in [5.74, 6) is 0.601. The topological polar surface area (TPSA) is 64.0 Å². The molecule has 24 heavy (non-hydrogen) atoms. The summed E-state index contributed by atoms with van der Waals surface area (Å²) in [6.07, 6.45) is 0. The Morgan fingerprint density at radius 2 is 2.00 bits per heavy atom. The van der Waals surface area contributed by atoms with Crippen molar-refractivity contribution in [2.24, 2.45) is 7.05 Å². The molecular weight excluding hydrogens is 322 g/mol. The molecule has 1 N–H and O–H groups in total. The van der Waals surface area contributed by atoms with Gasteiger partial charge in [-0.1, -0.05) is 24.3 Å². The number of anilines is 1. The summed E-state index contributed by atoms with van der Waals surface area (Å²) in [5, 5.41) is 3.74. The van der Waals surface area contributed by atoms with Crippen molar-refractivity contribution in [3.05, 3.63) is 64.6 Å². The zero-order chi connectivity index (χ0) is 17.1. The molecule has 0 aliphatic heterocycles. The summed E-state index contributed by atoms with van der Waals surface area (Å²) in [7, 11) is 1.75. The van der Waals surface area contributed by atoms with Gasteiger partial charge in [0.1, 0.15) is 5.82 Å². The Morgan fingerprint density at radius 3 is 2.79 bits per heavy atom. The highest BCUT2D eigenvalue weighted by Gasteiger charge is 2.10. The van der Waals surface area contributed by atoms with Crippen molar-refractivity contribution >= 4 is 34.4 Å². The monoisotopic (exact) mass is 339 g/mol. The van der Waals surface area contributed by atoms with E-state index in [1.807, 2.05) is 43.3 Å². The van der Waals surface area contributed by atoms with Crippen molar-refractivity contribution in [1.82, 2.24) is 9.55 Å². The van der Waals surface area contributed by atoms with Gasteiger partial charge in [0, 0.05) is 29.1 Å². The van der Waals surface area contributed by atoms with Crippen molar-refractivity contribution in [3.63, 3.8) is 0 Å². The molecule has 1 aromatic carbocycles. The molecule has 0 saturated carbocycles. The number of thioether (sulfide) groups is 1. The molecule has 5 nitrogen and oxygen atoms in total. The lowest BCUT2D eigenvalue weighted by Gasteiger charge is -2.10. The molecule has 0 aliphatic rings. The number of fused-ring (bicyclic) bond motifs is 1. The average molecular weight is 339 g/mol. The minimum absolute atomic E-state index is 0.0861. The quantitative estimate of drug-likeness (QED) is 0.742. The predicted molar refractivity (Wildman–Crippen MR) is 97.5 cm³/mol. The van der Waals surface area contributed by atoms with Gasteiger partial charge in [-0.2, -0.15) is 0 Å². The summed E-state index contributed by atoms with van der Waals surface area (Å²) in [4.78, 5) is 29.3. The van der Waals surface area contributed by atoms with Gasteiger partial charge in [-0.25, -0.2) is 4.98 Å². The molecule has 0 saturated heterocycles. The summed E-state index contributed by atoms with van der Waals surface area (Å²) in [6, 6.07) is 14.7. The van der Waals surface area contributed by atoms with E-state index < -0.39 is 0 Å². The molecule has 0 bridgehead atoms. The highest BCUT2D eigenvalue weighted by atomic mass is 32.2. The van der Waals surface area contributed by atoms with Gasteiger partial charge in [0.25, 0.3) is 5.56 Å². The Bertz CT molecular complexity index is 966. The lowest BCUT2D eigenvalue weighted by atomic mass is 10.2. The highest BCUT2D eigenvalue weighted by molar-refractivity contribution is 8.00. The summed E-state index contributed by atoms with van der Waals surface area (Å²) in [5.41, 5.74) is 1.61. The van der Waals surface area contributed by atoms with Crippen LogP contribution in [-0.2, 0) is 11.8 Å². The molecular formula is C18H17N3O2S. The lowest BCUT2D eigenvalue weighted by molar-refractivity contribution is -0.113. The van der Waals surface area contributed by atoms with Gasteiger partial charge in [0.15, 0.2) is 0 Å². The number of para-hydroxylation sites is 1. The van der Waals surface area contributed by atoms with Crippen LogP contribution < -0.4 is 10.9 Å². The van der Waals surface area contributed by atoms with Crippen molar-refractivity contribution in [2.45, 2.75) is 11.8 Å². The van der Waals surface area contributed by atoms with Crippen LogP contribution >= 0.6 is 11.8 Å². The van der Waals surface area contributed by atoms with Gasteiger partial charge in [-0.15, -0.1) is 11.8 Å². The van der Waals surface area contributed by atoms with Crippen molar-refractivity contribution in [1.29, 1.82) is 0 Å². The second kappa shape index (κ2) is 6.88. The third-order valence-corrected chi connectivity index (χ3v) is 4.69. The van der Waals surface area contributed by atoms with E-state index in [4.69, 9.17) is 0 Å². The number of carbonyl (C=O) groups excluding carboxylic acids is 1. The zero-order valence-electron chi connectivity index (χ0n) is 13.4. The molecule has 2 heterocycles. The number of pyridine rings is 2. The van der Waals surface area contributed by atoms with E-state index in [1.54, 1.807) is 23.7 Å². The fourth-order valence-corrected chi connectivity index (χ4v) is 3.31. The maximum Gasteiger partial charge on any atom is 0.251 e. The Balaban J connectivity index is 1.77. The molecule has 1 amide bonds. The van der Waals surface area contributed by atoms with Crippen LogP contribution in [0.5, 0.6) is 0 Å². The average Bonchev–Trinajstić information content (AvgIpc) is 2.57. The minimum Gasteiger partial charge on any atom is -0.311 e. The van der Waals surface area contributed by atoms with E-state index >= 15 is 0 Å². The molecule has 3 rings (SSSR count). The van der Waals surface area contributed by atoms with Gasteiger partial charge in [0.2, 0.25) is 5.91 Å². The lowest BCUT2D eigenvalue weighted by Crippen LogP contribution is -2.17. The van der Waals surface area contributed by atoms with E-state index in [0.29, 0.717) is 5.82 Å². The van der Waals surface area contributed by atoms with E-state index in [9.17, 15) is 9.59 Å². The number of aromatic nitrogens is 2. The predicted octanol–water partition coefficient (Wildman–Crippen LogP) is 2.97. The van der Waals surface area contributed by atoms with E-state index in [2.05, 4.69) is 10.3 Å². The highest BCUT2D eigenvalue weighted by Crippen LogP contribution is 2.26. The molecule has 0 radical (unpaired) electrons. The fourth-order valence-electron chi connectivity index (χ4n) is 2.43. The van der Waals surface area contributed by atoms with Crippen molar-refractivity contribution < 1.29 is 4.79 Å². The number of rotatable bonds is 4. The van der Waals surface area contributed by atoms with Crippen LogP contribution in [-0.4, -0.2) is 21.2 Å². The zero-order valence-corrected chi connectivity index (χ0v) is 14.3. The number of aryl methyl sites for hydroxylation is 2. The van der Waals surface area contributed by atoms with Gasteiger partial charge in [0.05, 0.1) is 11.3 Å². The fraction of sp³-hybridized carbons (Fsp3) is 0.167. The molecule has 0 atom stereocenters. The number of carbonyl (C=O) groups is 1. The van der Waals surface area contributed by atoms with Crippen LogP contribution in [0.25, 0.3) is 10.9 Å². The normalized spacial score (nSPS) is 10.8. The second-order valence-electron chi connectivity index (χ2n) is 5.42. The van der Waals surface area contributed by atoms with Gasteiger partial charge in [-0.3, -0.25) is 9.59 Å². The summed E-state index contributed by atoms with van der Waals surface area (Å²) >= 11 is 1.35. The molecule has 0 aliphatic carbocycles. The molecule has 6 heteroatoms. The minimum atomic E-state index is -0.150. The van der Waals surface area contributed by atoms with Crippen molar-refractivity contribution in [2.75, 3.05) is 11.1 Å². The first kappa shape index (κ1) is 16.3. The summed E-state index contributed by atoms with van der Waals surface area (Å²) in [6.45, 7) is 1.87. The van der Waals surface area contributed by atoms with Crippen LogP contribution in [0.3, 0.4) is 0 Å². The Morgan fingerprint density at radius 1 is 1.21 bits per heavy atom. The molecule has 0 spiro atoms. The number of nitrogens with zero attached hydrogens (tertiary/aromatic N) is 2. The molecule has 3 aromatic rings. The third-order valence-electron chi connectivity index (χ3n) is 3.63. The van der Waals surface area contributed by atoms with Gasteiger partial charge < -0.3 is 9.88 Å². The van der Waals surface area contributed by atoms with Gasteiger partial charge in [-0.05, 0) is 25.1 Å². The number of benzene rings is 1. The van der Waals surface area contributed by atoms with E-state index in [1.165, 1.54) is 11.8 Å². The summed E-state index contributed by atoms with van der Waals surface area (Å²) < 4.78 is 1.61. The maximum absolute atomic E-state index is 12.1. The van der Waals surface area contributed by atoms with Crippen LogP contribution in [0.15, 0.2) is 58.2 Å². The number of hydrogen-bond acceptors (Lipinski definition) is 4. The standard InChI is InChI=1S/C18H17N3O2S/c1-12-6-5-9-16(19-12)20-17(22)11-24-15-10-18(23)21(2)14-8-4-3-7-13(14)15/h3-10H,11H2,1-2H3,(H,19,20,22). The molecule has 0 unspecified atom stereocenters.